The summed E-state index contributed by atoms with van der Waals surface area (Å²) in [7, 11) is 0. The van der Waals surface area contributed by atoms with Crippen molar-refractivity contribution in [3.8, 4) is 0 Å². The number of carbonyl (C=O) groups excluding carboxylic acids is 1. The first-order chi connectivity index (χ1) is 5.75. The Kier molecular flexibility index (Phi) is 4.53. The second kappa shape index (κ2) is 4.93. The van der Waals surface area contributed by atoms with Crippen LogP contribution in [0.2, 0.25) is 0 Å². The van der Waals surface area contributed by atoms with Gasteiger partial charge in [-0.2, -0.15) is 0 Å². The predicted octanol–water partition coefficient (Wildman–Crippen LogP) is 1.48. The summed E-state index contributed by atoms with van der Waals surface area (Å²) < 4.78 is 0. The van der Waals surface area contributed by atoms with Crippen LogP contribution in [-0.2, 0) is 4.79 Å². The molecule has 0 unspecified atom stereocenters. The average Bonchev–Trinajstić information content (AvgIpc) is 2.03. The number of amides is 1. The summed E-state index contributed by atoms with van der Waals surface area (Å²) in [5.74, 6) is -0.0342. The van der Waals surface area contributed by atoms with Crippen molar-refractivity contribution < 1.29 is 4.79 Å². The molecular formula is C8H11Cl2N3O. The fourth-order valence-corrected chi connectivity index (χ4v) is 1.19. The van der Waals surface area contributed by atoms with Gasteiger partial charge in [-0.3, -0.25) is 4.79 Å². The number of nitrogens with one attached hydrogen (secondary N) is 2. The van der Waals surface area contributed by atoms with Crippen LogP contribution in [0.25, 0.3) is 0 Å². The number of nitrogen functional groups attached to an aromatic ring is 1. The number of hydrogen-bond donors (Lipinski definition) is 3. The molecule has 1 heterocycles. The van der Waals surface area contributed by atoms with Crippen molar-refractivity contribution in [1.29, 1.82) is 0 Å². The fraction of sp³-hybridized carbons (Fsp3) is 0.125. The number of benzene rings is 1. The number of hydrogen-bond acceptors (Lipinski definition) is 3. The quantitative estimate of drug-likeness (QED) is 0.597. The normalized spacial score (nSPS) is 12.4. The molecule has 78 valence electrons. The summed E-state index contributed by atoms with van der Waals surface area (Å²) in [5, 5.41) is 5.69. The Morgan fingerprint density at radius 1 is 1.21 bits per heavy atom. The molecule has 0 spiro atoms. The first kappa shape index (κ1) is 12.9. The van der Waals surface area contributed by atoms with Gasteiger partial charge in [0.2, 0.25) is 5.91 Å². The van der Waals surface area contributed by atoms with Gasteiger partial charge in [-0.15, -0.1) is 24.8 Å². The standard InChI is InChI=1S/C8H9N3O.2ClH/c9-5-1-2-6-7(3-5)11-8(12)4-10-6;;/h1-3,10H,4,9H2,(H,11,12);2*1H. The van der Waals surface area contributed by atoms with Crippen molar-refractivity contribution >= 4 is 47.8 Å². The zero-order chi connectivity index (χ0) is 8.55. The number of carbonyl (C=O) groups is 1. The van der Waals surface area contributed by atoms with E-state index in [1.165, 1.54) is 0 Å². The highest BCUT2D eigenvalue weighted by molar-refractivity contribution is 6.01. The monoisotopic (exact) mass is 235 g/mol. The molecular weight excluding hydrogens is 225 g/mol. The SMILES string of the molecule is Cl.Cl.Nc1ccc2c(c1)NC(=O)CN2. The van der Waals surface area contributed by atoms with Gasteiger partial charge in [0.15, 0.2) is 0 Å². The van der Waals surface area contributed by atoms with Crippen LogP contribution in [0.5, 0.6) is 0 Å². The van der Waals surface area contributed by atoms with E-state index in [1.54, 1.807) is 12.1 Å². The Labute approximate surface area is 94.1 Å². The van der Waals surface area contributed by atoms with Crippen molar-refractivity contribution in [3.05, 3.63) is 18.2 Å². The third-order valence-electron chi connectivity index (χ3n) is 1.76. The molecule has 6 heteroatoms. The molecule has 0 atom stereocenters. The van der Waals surface area contributed by atoms with Gasteiger partial charge >= 0.3 is 0 Å². The smallest absolute Gasteiger partial charge is 0.243 e. The molecule has 0 aromatic heterocycles. The molecule has 0 aliphatic carbocycles. The van der Waals surface area contributed by atoms with Crippen LogP contribution in [-0.4, -0.2) is 12.5 Å². The van der Waals surface area contributed by atoms with E-state index in [4.69, 9.17) is 5.73 Å². The topological polar surface area (TPSA) is 67.1 Å². The van der Waals surface area contributed by atoms with Gasteiger partial charge in [0.1, 0.15) is 0 Å². The zero-order valence-corrected chi connectivity index (χ0v) is 8.87. The molecule has 4 N–H and O–H groups in total. The second-order valence-corrected chi connectivity index (χ2v) is 2.71. The van der Waals surface area contributed by atoms with Crippen molar-refractivity contribution in [2.24, 2.45) is 0 Å². The van der Waals surface area contributed by atoms with E-state index < -0.39 is 0 Å². The Morgan fingerprint density at radius 3 is 2.64 bits per heavy atom. The lowest BCUT2D eigenvalue weighted by atomic mass is 10.2. The molecule has 4 nitrogen and oxygen atoms in total. The van der Waals surface area contributed by atoms with Gasteiger partial charge in [-0.1, -0.05) is 0 Å². The van der Waals surface area contributed by atoms with Gasteiger partial charge < -0.3 is 16.4 Å². The van der Waals surface area contributed by atoms with Crippen LogP contribution in [0.15, 0.2) is 18.2 Å². The summed E-state index contributed by atoms with van der Waals surface area (Å²) >= 11 is 0. The lowest BCUT2D eigenvalue weighted by Crippen LogP contribution is -2.27. The Bertz CT molecular complexity index is 343. The summed E-state index contributed by atoms with van der Waals surface area (Å²) in [6.45, 7) is 0.330. The van der Waals surface area contributed by atoms with Gasteiger partial charge in [-0.25, -0.2) is 0 Å². The van der Waals surface area contributed by atoms with E-state index in [0.29, 0.717) is 12.2 Å². The minimum atomic E-state index is -0.0342. The van der Waals surface area contributed by atoms with Crippen LogP contribution in [0.1, 0.15) is 0 Å². The molecule has 1 aromatic rings. The molecule has 1 amide bonds. The van der Waals surface area contributed by atoms with E-state index in [2.05, 4.69) is 10.6 Å². The van der Waals surface area contributed by atoms with Crippen LogP contribution >= 0.6 is 24.8 Å². The second-order valence-electron chi connectivity index (χ2n) is 2.71. The molecule has 0 saturated carbocycles. The first-order valence-electron chi connectivity index (χ1n) is 3.69. The largest absolute Gasteiger partial charge is 0.399 e. The average molecular weight is 236 g/mol. The van der Waals surface area contributed by atoms with Crippen LogP contribution < -0.4 is 16.4 Å². The highest BCUT2D eigenvalue weighted by atomic mass is 35.5. The zero-order valence-electron chi connectivity index (χ0n) is 7.24. The van der Waals surface area contributed by atoms with Gasteiger partial charge in [0.25, 0.3) is 0 Å². The van der Waals surface area contributed by atoms with E-state index in [9.17, 15) is 4.79 Å². The minimum absolute atomic E-state index is 0. The maximum Gasteiger partial charge on any atom is 0.243 e. The molecule has 0 radical (unpaired) electrons. The molecule has 0 bridgehead atoms. The molecule has 0 fully saturated rings. The molecule has 2 rings (SSSR count). The van der Waals surface area contributed by atoms with Crippen LogP contribution in [0, 0.1) is 0 Å². The highest BCUT2D eigenvalue weighted by Crippen LogP contribution is 2.26. The van der Waals surface area contributed by atoms with Crippen molar-refractivity contribution in [2.75, 3.05) is 22.9 Å². The summed E-state index contributed by atoms with van der Waals surface area (Å²) in [5.41, 5.74) is 7.87. The van der Waals surface area contributed by atoms with Crippen LogP contribution in [0.4, 0.5) is 17.1 Å². The van der Waals surface area contributed by atoms with Crippen molar-refractivity contribution in [3.63, 3.8) is 0 Å². The third-order valence-corrected chi connectivity index (χ3v) is 1.76. The molecule has 1 aromatic carbocycles. The van der Waals surface area contributed by atoms with Gasteiger partial charge in [0.05, 0.1) is 17.9 Å². The number of halogens is 2. The highest BCUT2D eigenvalue weighted by Gasteiger charge is 2.12. The molecule has 1 aliphatic rings. The lowest BCUT2D eigenvalue weighted by molar-refractivity contribution is -0.114. The predicted molar refractivity (Wildman–Crippen MR) is 62.5 cm³/mol. The van der Waals surface area contributed by atoms with E-state index in [-0.39, 0.29) is 30.7 Å². The number of rotatable bonds is 0. The van der Waals surface area contributed by atoms with E-state index >= 15 is 0 Å². The lowest BCUT2D eigenvalue weighted by Gasteiger charge is -2.18. The minimum Gasteiger partial charge on any atom is -0.399 e. The van der Waals surface area contributed by atoms with Crippen molar-refractivity contribution in [2.45, 2.75) is 0 Å². The maximum absolute atomic E-state index is 10.9. The van der Waals surface area contributed by atoms with Gasteiger partial charge in [-0.05, 0) is 18.2 Å². The number of nitrogens with two attached hydrogens (primary N) is 1. The fourth-order valence-electron chi connectivity index (χ4n) is 1.19. The summed E-state index contributed by atoms with van der Waals surface area (Å²) in [6.07, 6.45) is 0. The Hall–Kier alpha value is -1.13. The van der Waals surface area contributed by atoms with Gasteiger partial charge in [0, 0.05) is 5.69 Å². The molecule has 1 aliphatic heterocycles. The summed E-state index contributed by atoms with van der Waals surface area (Å²) in [4.78, 5) is 10.9. The summed E-state index contributed by atoms with van der Waals surface area (Å²) in [6, 6.07) is 5.38. The van der Waals surface area contributed by atoms with E-state index in [1.807, 2.05) is 6.07 Å². The Balaban J connectivity index is 0.000000845. The maximum atomic E-state index is 10.9. The Morgan fingerprint density at radius 2 is 1.93 bits per heavy atom. The number of fused-ring (bicyclic) bond motifs is 1. The molecule has 0 saturated heterocycles. The molecule has 14 heavy (non-hydrogen) atoms. The van der Waals surface area contributed by atoms with Crippen LogP contribution in [0.3, 0.4) is 0 Å². The van der Waals surface area contributed by atoms with Crippen molar-refractivity contribution in [1.82, 2.24) is 0 Å². The number of anilines is 3. The van der Waals surface area contributed by atoms with E-state index in [0.717, 1.165) is 11.4 Å². The first-order valence-corrected chi connectivity index (χ1v) is 3.69. The third kappa shape index (κ3) is 2.43.